The first kappa shape index (κ1) is 22.0. The van der Waals surface area contributed by atoms with Gasteiger partial charge in [-0.1, -0.05) is 11.2 Å². The number of aryl methyl sites for hydroxylation is 1. The number of benzene rings is 2. The lowest BCUT2D eigenvalue weighted by Gasteiger charge is -2.23. The number of ether oxygens (including phenoxy) is 1. The number of amides is 1. The standard InChI is InChI=1S/C26H24FN3O4/c1-16-24(15-34-29-16)18-2-3-23-19(12-18)4-7-30(26(23)32)14-17-10-20(13-21(27)11-17)25(31)28-22-5-8-33-9-6-22/h2-4,7,10-13,15,22H,5-6,8-9,14H2,1H3,(H,28,31). The highest BCUT2D eigenvalue weighted by atomic mass is 19.1. The van der Waals surface area contributed by atoms with Crippen molar-refractivity contribution in [2.75, 3.05) is 13.2 Å². The lowest BCUT2D eigenvalue weighted by atomic mass is 10.0. The van der Waals surface area contributed by atoms with E-state index in [9.17, 15) is 14.0 Å². The lowest BCUT2D eigenvalue weighted by molar-refractivity contribution is 0.0696. The molecule has 1 fully saturated rings. The molecule has 174 valence electrons. The van der Waals surface area contributed by atoms with Crippen LogP contribution >= 0.6 is 0 Å². The van der Waals surface area contributed by atoms with Gasteiger partial charge >= 0.3 is 0 Å². The summed E-state index contributed by atoms with van der Waals surface area (Å²) in [5, 5.41) is 8.19. The first-order chi connectivity index (χ1) is 16.5. The van der Waals surface area contributed by atoms with Crippen molar-refractivity contribution in [3.63, 3.8) is 0 Å². The third-order valence-electron chi connectivity index (χ3n) is 6.17. The van der Waals surface area contributed by atoms with Crippen molar-refractivity contribution in [2.24, 2.45) is 0 Å². The minimum atomic E-state index is -0.516. The monoisotopic (exact) mass is 461 g/mol. The van der Waals surface area contributed by atoms with Crippen LogP contribution in [0.25, 0.3) is 21.9 Å². The molecule has 2 aromatic heterocycles. The summed E-state index contributed by atoms with van der Waals surface area (Å²) < 4.78 is 26.2. The van der Waals surface area contributed by atoms with Crippen molar-refractivity contribution in [2.45, 2.75) is 32.4 Å². The number of pyridine rings is 1. The zero-order chi connectivity index (χ0) is 23.7. The SMILES string of the molecule is Cc1nocc1-c1ccc2c(=O)n(Cc3cc(F)cc(C(=O)NC4CCOCC4)c3)ccc2c1. The van der Waals surface area contributed by atoms with E-state index in [2.05, 4.69) is 10.5 Å². The topological polar surface area (TPSA) is 86.4 Å². The fourth-order valence-electron chi connectivity index (χ4n) is 4.33. The number of hydrogen-bond acceptors (Lipinski definition) is 5. The molecule has 0 atom stereocenters. The van der Waals surface area contributed by atoms with Gasteiger partial charge in [-0.05, 0) is 72.7 Å². The van der Waals surface area contributed by atoms with E-state index in [1.165, 1.54) is 16.7 Å². The Morgan fingerprint density at radius 2 is 2.00 bits per heavy atom. The Labute approximate surface area is 195 Å². The summed E-state index contributed by atoms with van der Waals surface area (Å²) in [5.74, 6) is -0.840. The second-order valence-electron chi connectivity index (χ2n) is 8.57. The van der Waals surface area contributed by atoms with E-state index >= 15 is 0 Å². The van der Waals surface area contributed by atoms with Gasteiger partial charge in [0.1, 0.15) is 12.1 Å². The average molecular weight is 461 g/mol. The lowest BCUT2D eigenvalue weighted by Crippen LogP contribution is -2.39. The van der Waals surface area contributed by atoms with Crippen LogP contribution < -0.4 is 10.9 Å². The Bertz CT molecular complexity index is 1420. The molecule has 2 aromatic carbocycles. The first-order valence-corrected chi connectivity index (χ1v) is 11.2. The fraction of sp³-hybridized carbons (Fsp3) is 0.269. The van der Waals surface area contributed by atoms with Gasteiger partial charge in [0, 0.05) is 42.0 Å². The Kier molecular flexibility index (Phi) is 5.98. The van der Waals surface area contributed by atoms with E-state index < -0.39 is 5.82 Å². The zero-order valence-electron chi connectivity index (χ0n) is 18.7. The molecule has 34 heavy (non-hydrogen) atoms. The van der Waals surface area contributed by atoms with Crippen molar-refractivity contribution >= 4 is 16.7 Å². The van der Waals surface area contributed by atoms with Crippen LogP contribution in [-0.2, 0) is 11.3 Å². The molecule has 0 radical (unpaired) electrons. The van der Waals surface area contributed by atoms with Crippen LogP contribution in [0.3, 0.4) is 0 Å². The summed E-state index contributed by atoms with van der Waals surface area (Å²) in [5.41, 5.74) is 3.14. The number of nitrogens with zero attached hydrogens (tertiary/aromatic N) is 2. The second kappa shape index (κ2) is 9.23. The maximum absolute atomic E-state index is 14.3. The molecule has 4 aromatic rings. The molecule has 1 aliphatic rings. The number of fused-ring (bicyclic) bond motifs is 1. The second-order valence-corrected chi connectivity index (χ2v) is 8.57. The molecule has 1 aliphatic heterocycles. The summed E-state index contributed by atoms with van der Waals surface area (Å²) in [6.07, 6.45) is 4.73. The van der Waals surface area contributed by atoms with Gasteiger partial charge in [0.25, 0.3) is 11.5 Å². The quantitative estimate of drug-likeness (QED) is 0.484. The van der Waals surface area contributed by atoms with E-state index in [4.69, 9.17) is 9.26 Å². The first-order valence-electron chi connectivity index (χ1n) is 11.2. The van der Waals surface area contributed by atoms with Gasteiger partial charge in [0.05, 0.1) is 12.2 Å². The normalized spacial score (nSPS) is 14.4. The van der Waals surface area contributed by atoms with Crippen LogP contribution in [-0.4, -0.2) is 34.9 Å². The van der Waals surface area contributed by atoms with Gasteiger partial charge in [-0.3, -0.25) is 9.59 Å². The van der Waals surface area contributed by atoms with Gasteiger partial charge in [0.15, 0.2) is 0 Å². The van der Waals surface area contributed by atoms with Crippen molar-refractivity contribution in [1.29, 1.82) is 0 Å². The molecule has 7 nitrogen and oxygen atoms in total. The van der Waals surface area contributed by atoms with Gasteiger partial charge in [-0.2, -0.15) is 0 Å². The van der Waals surface area contributed by atoms with E-state index in [1.807, 2.05) is 25.1 Å². The highest BCUT2D eigenvalue weighted by Crippen LogP contribution is 2.25. The summed E-state index contributed by atoms with van der Waals surface area (Å²) in [6, 6.07) is 11.6. The third-order valence-corrected chi connectivity index (χ3v) is 6.17. The van der Waals surface area contributed by atoms with Crippen LogP contribution in [0.2, 0.25) is 0 Å². The minimum Gasteiger partial charge on any atom is -0.381 e. The molecule has 1 N–H and O–H groups in total. The predicted molar refractivity (Wildman–Crippen MR) is 125 cm³/mol. The Morgan fingerprint density at radius 3 is 2.76 bits per heavy atom. The van der Waals surface area contributed by atoms with Crippen LogP contribution in [0.4, 0.5) is 4.39 Å². The van der Waals surface area contributed by atoms with E-state index in [1.54, 1.807) is 24.6 Å². The molecule has 0 unspecified atom stereocenters. The molecule has 5 rings (SSSR count). The largest absolute Gasteiger partial charge is 0.381 e. The summed E-state index contributed by atoms with van der Waals surface area (Å²) in [7, 11) is 0. The van der Waals surface area contributed by atoms with Gasteiger partial charge < -0.3 is 19.1 Å². The Balaban J connectivity index is 1.40. The number of carbonyl (C=O) groups is 1. The number of aromatic nitrogens is 2. The minimum absolute atomic E-state index is 0.0163. The van der Waals surface area contributed by atoms with E-state index in [0.29, 0.717) is 24.2 Å². The van der Waals surface area contributed by atoms with E-state index in [-0.39, 0.29) is 29.6 Å². The molecule has 0 aliphatic carbocycles. The molecule has 1 saturated heterocycles. The average Bonchev–Trinajstić information content (AvgIpc) is 3.27. The van der Waals surface area contributed by atoms with Gasteiger partial charge in [0.2, 0.25) is 0 Å². The molecule has 0 bridgehead atoms. The number of rotatable bonds is 5. The van der Waals surface area contributed by atoms with Crippen molar-refractivity contribution in [3.8, 4) is 11.1 Å². The van der Waals surface area contributed by atoms with Gasteiger partial charge in [-0.15, -0.1) is 0 Å². The zero-order valence-corrected chi connectivity index (χ0v) is 18.7. The maximum atomic E-state index is 14.3. The maximum Gasteiger partial charge on any atom is 0.258 e. The van der Waals surface area contributed by atoms with Gasteiger partial charge in [-0.25, -0.2) is 4.39 Å². The van der Waals surface area contributed by atoms with Crippen LogP contribution in [0, 0.1) is 12.7 Å². The number of halogens is 1. The highest BCUT2D eigenvalue weighted by molar-refractivity contribution is 5.94. The summed E-state index contributed by atoms with van der Waals surface area (Å²) >= 11 is 0. The summed E-state index contributed by atoms with van der Waals surface area (Å²) in [4.78, 5) is 25.8. The Hall–Kier alpha value is -3.78. The number of carbonyl (C=O) groups excluding carboxylic acids is 1. The molecule has 0 spiro atoms. The molecule has 8 heteroatoms. The number of nitrogens with one attached hydrogen (secondary N) is 1. The van der Waals surface area contributed by atoms with Crippen molar-refractivity contribution < 1.29 is 18.4 Å². The summed E-state index contributed by atoms with van der Waals surface area (Å²) in [6.45, 7) is 3.21. The van der Waals surface area contributed by atoms with Crippen LogP contribution in [0.15, 0.2) is 64.2 Å². The molecular weight excluding hydrogens is 437 g/mol. The molecule has 0 saturated carbocycles. The third kappa shape index (κ3) is 4.49. The molecule has 1 amide bonds. The van der Waals surface area contributed by atoms with Crippen LogP contribution in [0.5, 0.6) is 0 Å². The van der Waals surface area contributed by atoms with Crippen molar-refractivity contribution in [3.05, 3.63) is 87.9 Å². The van der Waals surface area contributed by atoms with Crippen molar-refractivity contribution in [1.82, 2.24) is 15.0 Å². The molecule has 3 heterocycles. The fourth-order valence-corrected chi connectivity index (χ4v) is 4.33. The van der Waals surface area contributed by atoms with Crippen LogP contribution in [0.1, 0.15) is 34.5 Å². The Morgan fingerprint density at radius 1 is 1.18 bits per heavy atom. The number of hydrogen-bond donors (Lipinski definition) is 1. The smallest absolute Gasteiger partial charge is 0.258 e. The highest BCUT2D eigenvalue weighted by Gasteiger charge is 2.18. The van der Waals surface area contributed by atoms with E-state index in [0.717, 1.165) is 35.0 Å². The molecular formula is C26H24FN3O4. The predicted octanol–water partition coefficient (Wildman–Crippen LogP) is 4.06.